The number of likely N-dealkylation sites (tertiary alicyclic amines) is 1. The Hall–Kier alpha value is -3.60. The Balaban J connectivity index is 1.31. The molecule has 5 unspecified atom stereocenters. The number of nitrogens with one attached hydrogen (secondary N) is 1. The standard InChI is InChI=1S/C35H42N2O7/c1-23-31(20-37-17-3-6-30(37)22-39)43-35(44-34(23)27-9-7-24(21-38)8-10-27)28-13-11-26(12-14-28)29-5-2-4-25(18-29)19-36-32(40)15-16-33(41)42/h2,4-5,7-14,18,23,30-31,34-35,38-39H,3,6,15-17,19-22H2,1H3,(H,36,40)(H,41,42). The molecule has 4 N–H and O–H groups in total. The highest BCUT2D eigenvalue weighted by atomic mass is 16.7. The minimum atomic E-state index is -0.992. The lowest BCUT2D eigenvalue weighted by atomic mass is 9.89. The van der Waals surface area contributed by atoms with Crippen LogP contribution in [0.1, 0.15) is 67.3 Å². The van der Waals surface area contributed by atoms with Crippen molar-refractivity contribution in [3.63, 3.8) is 0 Å². The molecule has 3 aromatic carbocycles. The quantitative estimate of drug-likeness (QED) is 0.237. The number of aliphatic hydroxyl groups is 2. The number of carboxylic acids is 1. The van der Waals surface area contributed by atoms with Crippen molar-refractivity contribution in [2.45, 2.75) is 70.3 Å². The van der Waals surface area contributed by atoms with Gasteiger partial charge in [-0.05, 0) is 53.3 Å². The van der Waals surface area contributed by atoms with Gasteiger partial charge in [0.15, 0.2) is 6.29 Å². The fourth-order valence-corrected chi connectivity index (χ4v) is 6.10. The van der Waals surface area contributed by atoms with Crippen molar-refractivity contribution in [3.8, 4) is 11.1 Å². The number of hydrogen-bond donors (Lipinski definition) is 4. The van der Waals surface area contributed by atoms with Crippen LogP contribution in [0.5, 0.6) is 0 Å². The summed E-state index contributed by atoms with van der Waals surface area (Å²) >= 11 is 0. The number of aliphatic carboxylic acids is 1. The lowest BCUT2D eigenvalue weighted by Gasteiger charge is -2.43. The van der Waals surface area contributed by atoms with E-state index in [0.29, 0.717) is 6.54 Å². The van der Waals surface area contributed by atoms with Crippen molar-refractivity contribution in [3.05, 3.63) is 95.1 Å². The van der Waals surface area contributed by atoms with Gasteiger partial charge >= 0.3 is 5.97 Å². The monoisotopic (exact) mass is 602 g/mol. The van der Waals surface area contributed by atoms with Gasteiger partial charge < -0.3 is 30.1 Å². The molecule has 2 aliphatic heterocycles. The molecule has 2 fully saturated rings. The molecule has 0 bridgehead atoms. The van der Waals surface area contributed by atoms with Gasteiger partial charge in [-0.25, -0.2) is 0 Å². The summed E-state index contributed by atoms with van der Waals surface area (Å²) in [5.74, 6) is -1.21. The maximum atomic E-state index is 12.0. The highest BCUT2D eigenvalue weighted by Crippen LogP contribution is 2.42. The van der Waals surface area contributed by atoms with E-state index in [-0.39, 0.29) is 56.1 Å². The van der Waals surface area contributed by atoms with Gasteiger partial charge in [0.05, 0.1) is 31.8 Å². The predicted octanol–water partition coefficient (Wildman–Crippen LogP) is 4.58. The average Bonchev–Trinajstić information content (AvgIpc) is 3.51. The topological polar surface area (TPSA) is 129 Å². The first-order valence-electron chi connectivity index (χ1n) is 15.4. The molecule has 0 radical (unpaired) electrons. The van der Waals surface area contributed by atoms with Crippen LogP contribution in [-0.2, 0) is 32.2 Å². The number of amides is 1. The maximum absolute atomic E-state index is 12.0. The molecule has 2 saturated heterocycles. The Kier molecular flexibility index (Phi) is 10.8. The van der Waals surface area contributed by atoms with Gasteiger partial charge in [-0.2, -0.15) is 0 Å². The molecular weight excluding hydrogens is 560 g/mol. The molecule has 5 rings (SSSR count). The molecule has 2 aliphatic rings. The Morgan fingerprint density at radius 2 is 1.66 bits per heavy atom. The second kappa shape index (κ2) is 14.9. The number of carbonyl (C=O) groups excluding carboxylic acids is 1. The van der Waals surface area contributed by atoms with E-state index in [1.807, 2.05) is 72.8 Å². The van der Waals surface area contributed by atoms with Crippen molar-refractivity contribution >= 4 is 11.9 Å². The van der Waals surface area contributed by atoms with Crippen LogP contribution in [0.25, 0.3) is 11.1 Å². The van der Waals surface area contributed by atoms with E-state index in [1.54, 1.807) is 0 Å². The zero-order valence-corrected chi connectivity index (χ0v) is 25.1. The van der Waals surface area contributed by atoms with Gasteiger partial charge in [-0.15, -0.1) is 0 Å². The number of aliphatic hydroxyl groups excluding tert-OH is 2. The summed E-state index contributed by atoms with van der Waals surface area (Å²) in [5, 5.41) is 31.0. The molecule has 0 saturated carbocycles. The fourth-order valence-electron chi connectivity index (χ4n) is 6.10. The van der Waals surface area contributed by atoms with Crippen LogP contribution in [0.15, 0.2) is 72.8 Å². The number of rotatable bonds is 12. The van der Waals surface area contributed by atoms with Gasteiger partial charge in [-0.3, -0.25) is 14.5 Å². The first-order valence-corrected chi connectivity index (χ1v) is 15.4. The van der Waals surface area contributed by atoms with Crippen LogP contribution in [0.2, 0.25) is 0 Å². The van der Waals surface area contributed by atoms with Gasteiger partial charge in [0.2, 0.25) is 5.91 Å². The van der Waals surface area contributed by atoms with Gasteiger partial charge in [0.25, 0.3) is 0 Å². The molecule has 44 heavy (non-hydrogen) atoms. The third-order valence-corrected chi connectivity index (χ3v) is 8.75. The molecule has 9 heteroatoms. The summed E-state index contributed by atoms with van der Waals surface area (Å²) in [6, 6.07) is 24.0. The van der Waals surface area contributed by atoms with Crippen molar-refractivity contribution in [2.75, 3.05) is 19.7 Å². The van der Waals surface area contributed by atoms with Crippen molar-refractivity contribution in [1.82, 2.24) is 10.2 Å². The van der Waals surface area contributed by atoms with E-state index in [4.69, 9.17) is 14.6 Å². The van der Waals surface area contributed by atoms with Crippen molar-refractivity contribution in [1.29, 1.82) is 0 Å². The zero-order chi connectivity index (χ0) is 31.1. The fraction of sp³-hybridized carbons (Fsp3) is 0.429. The number of hydrogen-bond acceptors (Lipinski definition) is 7. The molecule has 0 spiro atoms. The lowest BCUT2D eigenvalue weighted by molar-refractivity contribution is -0.276. The Morgan fingerprint density at radius 1 is 0.909 bits per heavy atom. The van der Waals surface area contributed by atoms with E-state index in [1.165, 1.54) is 0 Å². The summed E-state index contributed by atoms with van der Waals surface area (Å²) in [5.41, 5.74) is 5.72. The van der Waals surface area contributed by atoms with Gasteiger partial charge in [0, 0.05) is 37.0 Å². The minimum absolute atomic E-state index is 0.0100. The maximum Gasteiger partial charge on any atom is 0.303 e. The normalized spacial score (nSPS) is 23.8. The second-order valence-corrected chi connectivity index (χ2v) is 11.8. The first kappa shape index (κ1) is 31.8. The molecule has 3 aromatic rings. The van der Waals surface area contributed by atoms with Crippen LogP contribution in [0.4, 0.5) is 0 Å². The number of ether oxygens (including phenoxy) is 2. The van der Waals surface area contributed by atoms with E-state index < -0.39 is 12.3 Å². The second-order valence-electron chi connectivity index (χ2n) is 11.8. The van der Waals surface area contributed by atoms with E-state index in [0.717, 1.165) is 59.3 Å². The predicted molar refractivity (Wildman–Crippen MR) is 165 cm³/mol. The van der Waals surface area contributed by atoms with Crippen LogP contribution >= 0.6 is 0 Å². The van der Waals surface area contributed by atoms with Crippen molar-refractivity contribution in [2.24, 2.45) is 5.92 Å². The SMILES string of the molecule is CC1C(CN2CCCC2CO)OC(c2ccc(-c3cccc(CNC(=O)CCC(=O)O)c3)cc2)OC1c1ccc(CO)cc1. The molecule has 1 amide bonds. The lowest BCUT2D eigenvalue weighted by Crippen LogP contribution is -2.46. The summed E-state index contributed by atoms with van der Waals surface area (Å²) < 4.78 is 13.2. The Morgan fingerprint density at radius 3 is 2.36 bits per heavy atom. The number of nitrogens with zero attached hydrogens (tertiary/aromatic N) is 1. The summed E-state index contributed by atoms with van der Waals surface area (Å²) in [7, 11) is 0. The number of carboxylic acid groups (broad SMARTS) is 1. The molecule has 0 aliphatic carbocycles. The first-order chi connectivity index (χ1) is 21.3. The number of benzene rings is 3. The highest BCUT2D eigenvalue weighted by molar-refractivity contribution is 5.80. The molecule has 9 nitrogen and oxygen atoms in total. The summed E-state index contributed by atoms with van der Waals surface area (Å²) in [6.45, 7) is 4.27. The molecule has 5 atom stereocenters. The smallest absolute Gasteiger partial charge is 0.303 e. The molecule has 2 heterocycles. The van der Waals surface area contributed by atoms with Crippen LogP contribution in [0.3, 0.4) is 0 Å². The van der Waals surface area contributed by atoms with Gasteiger partial charge in [-0.1, -0.05) is 73.7 Å². The molecule has 234 valence electrons. The minimum Gasteiger partial charge on any atom is -0.481 e. The number of carbonyl (C=O) groups is 2. The van der Waals surface area contributed by atoms with Crippen LogP contribution in [0, 0.1) is 5.92 Å². The van der Waals surface area contributed by atoms with Crippen LogP contribution < -0.4 is 5.32 Å². The van der Waals surface area contributed by atoms with E-state index in [2.05, 4.69) is 17.1 Å². The summed E-state index contributed by atoms with van der Waals surface area (Å²) in [4.78, 5) is 25.0. The molecule has 0 aromatic heterocycles. The van der Waals surface area contributed by atoms with E-state index >= 15 is 0 Å². The van der Waals surface area contributed by atoms with Crippen molar-refractivity contribution < 1.29 is 34.4 Å². The summed E-state index contributed by atoms with van der Waals surface area (Å²) in [6.07, 6.45) is 0.937. The largest absolute Gasteiger partial charge is 0.481 e. The zero-order valence-electron chi connectivity index (χ0n) is 25.1. The average molecular weight is 603 g/mol. The third-order valence-electron chi connectivity index (χ3n) is 8.75. The Bertz CT molecular complexity index is 1390. The van der Waals surface area contributed by atoms with E-state index in [9.17, 15) is 19.8 Å². The highest BCUT2D eigenvalue weighted by Gasteiger charge is 2.40. The van der Waals surface area contributed by atoms with Gasteiger partial charge in [0.1, 0.15) is 0 Å². The molecular formula is C35H42N2O7. The van der Waals surface area contributed by atoms with Crippen LogP contribution in [-0.4, -0.2) is 63.9 Å². The third kappa shape index (κ3) is 7.91. The Labute approximate surface area is 258 Å².